The number of aryl methyl sites for hydroxylation is 2. The highest BCUT2D eigenvalue weighted by atomic mass is 35.5. The van der Waals surface area contributed by atoms with E-state index in [-0.39, 0.29) is 0 Å². The molecule has 0 bridgehead atoms. The zero-order valence-corrected chi connectivity index (χ0v) is 8.49. The van der Waals surface area contributed by atoms with E-state index >= 15 is 0 Å². The van der Waals surface area contributed by atoms with Gasteiger partial charge in [-0.2, -0.15) is 0 Å². The summed E-state index contributed by atoms with van der Waals surface area (Å²) in [5.41, 5.74) is 2.84. The summed E-state index contributed by atoms with van der Waals surface area (Å²) >= 11 is 5.90. The lowest BCUT2D eigenvalue weighted by atomic mass is 10.0. The summed E-state index contributed by atoms with van der Waals surface area (Å²) in [6.07, 6.45) is 3.45. The van der Waals surface area contributed by atoms with Gasteiger partial charge in [0.2, 0.25) is 0 Å². The molecular formula is C11H15Cl. The van der Waals surface area contributed by atoms with Crippen LogP contribution in [0, 0.1) is 0 Å². The molecule has 0 nitrogen and oxygen atoms in total. The minimum Gasteiger partial charge on any atom is -0.0843 e. The summed E-state index contributed by atoms with van der Waals surface area (Å²) in [6, 6.07) is 6.20. The Morgan fingerprint density at radius 3 is 2.50 bits per heavy atom. The molecule has 0 spiro atoms. The molecule has 0 unspecified atom stereocenters. The number of rotatable bonds is 3. The highest BCUT2D eigenvalue weighted by Crippen LogP contribution is 2.17. The molecule has 0 saturated carbocycles. The predicted octanol–water partition coefficient (Wildman–Crippen LogP) is 3.85. The monoisotopic (exact) mass is 182 g/mol. The van der Waals surface area contributed by atoms with Gasteiger partial charge in [-0.3, -0.25) is 0 Å². The van der Waals surface area contributed by atoms with Crippen LogP contribution in [0.3, 0.4) is 0 Å². The third-order valence-electron chi connectivity index (χ3n) is 2.07. The van der Waals surface area contributed by atoms with Crippen molar-refractivity contribution in [3.05, 3.63) is 34.3 Å². The van der Waals surface area contributed by atoms with Crippen LogP contribution in [-0.2, 0) is 12.8 Å². The summed E-state index contributed by atoms with van der Waals surface area (Å²) in [6.45, 7) is 4.37. The van der Waals surface area contributed by atoms with E-state index in [0.29, 0.717) is 0 Å². The summed E-state index contributed by atoms with van der Waals surface area (Å²) in [5.74, 6) is 0. The van der Waals surface area contributed by atoms with Crippen LogP contribution in [0.15, 0.2) is 18.2 Å². The van der Waals surface area contributed by atoms with Crippen molar-refractivity contribution in [1.82, 2.24) is 0 Å². The Bertz CT molecular complexity index is 253. The Balaban J connectivity index is 2.94. The number of hydrogen-bond acceptors (Lipinski definition) is 0. The molecule has 0 amide bonds. The molecule has 1 aromatic carbocycles. The zero-order valence-electron chi connectivity index (χ0n) is 7.73. The summed E-state index contributed by atoms with van der Waals surface area (Å²) in [4.78, 5) is 0. The van der Waals surface area contributed by atoms with Crippen LogP contribution in [0.4, 0.5) is 0 Å². The SMILES string of the molecule is CCCc1ccc(Cl)cc1CC. The first-order valence-corrected chi connectivity index (χ1v) is 4.93. The van der Waals surface area contributed by atoms with Gasteiger partial charge in [-0.1, -0.05) is 37.9 Å². The topological polar surface area (TPSA) is 0 Å². The largest absolute Gasteiger partial charge is 0.0843 e. The fourth-order valence-electron chi connectivity index (χ4n) is 1.44. The minimum atomic E-state index is 0.853. The van der Waals surface area contributed by atoms with Crippen molar-refractivity contribution in [3.8, 4) is 0 Å². The second-order valence-corrected chi connectivity index (χ2v) is 3.45. The average molecular weight is 183 g/mol. The first-order valence-electron chi connectivity index (χ1n) is 4.55. The van der Waals surface area contributed by atoms with E-state index in [1.165, 1.54) is 24.0 Å². The van der Waals surface area contributed by atoms with Crippen molar-refractivity contribution in [2.45, 2.75) is 33.1 Å². The lowest BCUT2D eigenvalue weighted by Crippen LogP contribution is -1.91. The van der Waals surface area contributed by atoms with Crippen LogP contribution >= 0.6 is 11.6 Å². The molecule has 0 N–H and O–H groups in total. The Labute approximate surface area is 79.6 Å². The molecule has 0 radical (unpaired) electrons. The normalized spacial score (nSPS) is 10.2. The van der Waals surface area contributed by atoms with Crippen LogP contribution in [0.5, 0.6) is 0 Å². The molecule has 1 heteroatoms. The maximum absolute atomic E-state index is 5.90. The van der Waals surface area contributed by atoms with Gasteiger partial charge >= 0.3 is 0 Å². The van der Waals surface area contributed by atoms with E-state index in [9.17, 15) is 0 Å². The minimum absolute atomic E-state index is 0.853. The third-order valence-corrected chi connectivity index (χ3v) is 2.30. The van der Waals surface area contributed by atoms with E-state index < -0.39 is 0 Å². The molecule has 0 saturated heterocycles. The highest BCUT2D eigenvalue weighted by Gasteiger charge is 1.99. The Hall–Kier alpha value is -0.490. The summed E-state index contributed by atoms with van der Waals surface area (Å²) < 4.78 is 0. The van der Waals surface area contributed by atoms with E-state index in [4.69, 9.17) is 11.6 Å². The molecule has 0 atom stereocenters. The third kappa shape index (κ3) is 2.25. The van der Waals surface area contributed by atoms with Gasteiger partial charge in [0.1, 0.15) is 0 Å². The predicted molar refractivity (Wildman–Crippen MR) is 54.8 cm³/mol. The number of halogens is 1. The zero-order chi connectivity index (χ0) is 8.97. The van der Waals surface area contributed by atoms with Gasteiger partial charge in [0.25, 0.3) is 0 Å². The van der Waals surface area contributed by atoms with Crippen molar-refractivity contribution in [3.63, 3.8) is 0 Å². The maximum Gasteiger partial charge on any atom is 0.0408 e. The van der Waals surface area contributed by atoms with Crippen molar-refractivity contribution in [2.24, 2.45) is 0 Å². The molecular weight excluding hydrogens is 168 g/mol. The lowest BCUT2D eigenvalue weighted by molar-refractivity contribution is 0.899. The second-order valence-electron chi connectivity index (χ2n) is 3.02. The van der Waals surface area contributed by atoms with Gasteiger partial charge in [0, 0.05) is 5.02 Å². The molecule has 1 rings (SSSR count). The summed E-state index contributed by atoms with van der Waals surface area (Å²) in [5, 5.41) is 0.853. The number of hydrogen-bond donors (Lipinski definition) is 0. The second kappa shape index (κ2) is 4.51. The van der Waals surface area contributed by atoms with Crippen LogP contribution < -0.4 is 0 Å². The van der Waals surface area contributed by atoms with E-state index in [0.717, 1.165) is 11.4 Å². The van der Waals surface area contributed by atoms with E-state index in [2.05, 4.69) is 26.0 Å². The van der Waals surface area contributed by atoms with Gasteiger partial charge in [-0.25, -0.2) is 0 Å². The van der Waals surface area contributed by atoms with Gasteiger partial charge in [-0.05, 0) is 36.1 Å². The molecule has 0 fully saturated rings. The summed E-state index contributed by atoms with van der Waals surface area (Å²) in [7, 11) is 0. The van der Waals surface area contributed by atoms with Gasteiger partial charge in [0.15, 0.2) is 0 Å². The molecule has 0 heterocycles. The quantitative estimate of drug-likeness (QED) is 0.666. The molecule has 0 aliphatic rings. The molecule has 0 aliphatic carbocycles. The fraction of sp³-hybridized carbons (Fsp3) is 0.455. The van der Waals surface area contributed by atoms with E-state index in [1.807, 2.05) is 6.07 Å². The smallest absolute Gasteiger partial charge is 0.0408 e. The number of benzene rings is 1. The molecule has 66 valence electrons. The highest BCUT2D eigenvalue weighted by molar-refractivity contribution is 6.30. The Kier molecular flexibility index (Phi) is 3.61. The van der Waals surface area contributed by atoms with Crippen molar-refractivity contribution in [1.29, 1.82) is 0 Å². The average Bonchev–Trinajstić information content (AvgIpc) is 2.08. The van der Waals surface area contributed by atoms with Gasteiger partial charge in [0.05, 0.1) is 0 Å². The lowest BCUT2D eigenvalue weighted by Gasteiger charge is -2.06. The van der Waals surface area contributed by atoms with Crippen LogP contribution in [0.2, 0.25) is 5.02 Å². The van der Waals surface area contributed by atoms with Gasteiger partial charge < -0.3 is 0 Å². The van der Waals surface area contributed by atoms with Crippen LogP contribution in [0.25, 0.3) is 0 Å². The molecule has 0 aliphatic heterocycles. The first-order chi connectivity index (χ1) is 5.77. The standard InChI is InChI=1S/C11H15Cl/c1-3-5-10-6-7-11(12)8-9(10)4-2/h6-8H,3-5H2,1-2H3. The van der Waals surface area contributed by atoms with E-state index in [1.54, 1.807) is 0 Å². The molecule has 0 aromatic heterocycles. The van der Waals surface area contributed by atoms with Crippen LogP contribution in [0.1, 0.15) is 31.4 Å². The fourth-order valence-corrected chi connectivity index (χ4v) is 1.63. The Morgan fingerprint density at radius 1 is 1.17 bits per heavy atom. The van der Waals surface area contributed by atoms with Crippen molar-refractivity contribution >= 4 is 11.6 Å². The van der Waals surface area contributed by atoms with Crippen LogP contribution in [-0.4, -0.2) is 0 Å². The molecule has 12 heavy (non-hydrogen) atoms. The first kappa shape index (κ1) is 9.60. The maximum atomic E-state index is 5.90. The van der Waals surface area contributed by atoms with Crippen molar-refractivity contribution < 1.29 is 0 Å². The van der Waals surface area contributed by atoms with Crippen molar-refractivity contribution in [2.75, 3.05) is 0 Å². The Morgan fingerprint density at radius 2 is 1.92 bits per heavy atom. The molecule has 1 aromatic rings. The van der Waals surface area contributed by atoms with Gasteiger partial charge in [-0.15, -0.1) is 0 Å².